The summed E-state index contributed by atoms with van der Waals surface area (Å²) >= 11 is 0. The molecule has 0 saturated heterocycles. The minimum absolute atomic E-state index is 0.140. The Morgan fingerprint density at radius 1 is 0.853 bits per heavy atom. The fraction of sp³-hybridized carbons (Fsp3) is 0.310. The molecule has 0 radical (unpaired) electrons. The summed E-state index contributed by atoms with van der Waals surface area (Å²) in [5, 5.41) is 2.90. The zero-order valence-corrected chi connectivity index (χ0v) is 20.2. The van der Waals surface area contributed by atoms with Gasteiger partial charge in [-0.2, -0.15) is 0 Å². The summed E-state index contributed by atoms with van der Waals surface area (Å²) in [6.45, 7) is 6.83. The van der Waals surface area contributed by atoms with Gasteiger partial charge in [0.25, 0.3) is 5.91 Å². The molecule has 3 rings (SSSR count). The van der Waals surface area contributed by atoms with Crippen LogP contribution in [0.4, 0.5) is 0 Å². The SMILES string of the molecule is CCNC(=O)[C@@H](Cc1ccccc1)N(Cc1ccccc1)C(=O)COc1ccc(C(C)C)cc1. The number of amides is 2. The number of likely N-dealkylation sites (N-methyl/N-ethyl adjacent to an activating group) is 1. The van der Waals surface area contributed by atoms with Crippen LogP contribution in [0.3, 0.4) is 0 Å². The van der Waals surface area contributed by atoms with Gasteiger partial charge in [0.2, 0.25) is 5.91 Å². The van der Waals surface area contributed by atoms with Crippen LogP contribution < -0.4 is 10.1 Å². The van der Waals surface area contributed by atoms with Crippen LogP contribution in [0.2, 0.25) is 0 Å². The van der Waals surface area contributed by atoms with E-state index in [1.807, 2.05) is 91.9 Å². The molecule has 0 saturated carbocycles. The second-order valence-electron chi connectivity index (χ2n) is 8.62. The third-order valence-electron chi connectivity index (χ3n) is 5.73. The maximum Gasteiger partial charge on any atom is 0.261 e. The molecule has 5 nitrogen and oxygen atoms in total. The topological polar surface area (TPSA) is 58.6 Å². The molecular weight excluding hydrogens is 424 g/mol. The highest BCUT2D eigenvalue weighted by atomic mass is 16.5. The van der Waals surface area contributed by atoms with Gasteiger partial charge in [-0.1, -0.05) is 86.6 Å². The van der Waals surface area contributed by atoms with Crippen molar-refractivity contribution in [2.75, 3.05) is 13.2 Å². The van der Waals surface area contributed by atoms with Gasteiger partial charge in [0, 0.05) is 19.5 Å². The molecule has 0 aliphatic carbocycles. The number of rotatable bonds is 11. The number of nitrogens with one attached hydrogen (secondary N) is 1. The van der Waals surface area contributed by atoms with E-state index in [2.05, 4.69) is 19.2 Å². The van der Waals surface area contributed by atoms with Crippen molar-refractivity contribution < 1.29 is 14.3 Å². The number of ether oxygens (including phenoxy) is 1. The van der Waals surface area contributed by atoms with Gasteiger partial charge in [0.05, 0.1) is 0 Å². The molecule has 0 aromatic heterocycles. The van der Waals surface area contributed by atoms with E-state index in [1.165, 1.54) is 5.56 Å². The Labute approximate surface area is 202 Å². The van der Waals surface area contributed by atoms with Crippen molar-refractivity contribution in [1.82, 2.24) is 10.2 Å². The highest BCUT2D eigenvalue weighted by molar-refractivity contribution is 5.88. The Bertz CT molecular complexity index is 1030. The summed E-state index contributed by atoms with van der Waals surface area (Å²) in [7, 11) is 0. The highest BCUT2D eigenvalue weighted by Crippen LogP contribution is 2.19. The summed E-state index contributed by atoms with van der Waals surface area (Å²) in [5.41, 5.74) is 3.16. The Hall–Kier alpha value is -3.60. The average molecular weight is 459 g/mol. The maximum absolute atomic E-state index is 13.5. The maximum atomic E-state index is 13.5. The molecule has 0 fully saturated rings. The smallest absolute Gasteiger partial charge is 0.261 e. The zero-order valence-electron chi connectivity index (χ0n) is 20.2. The Morgan fingerprint density at radius 2 is 1.44 bits per heavy atom. The van der Waals surface area contributed by atoms with E-state index < -0.39 is 6.04 Å². The van der Waals surface area contributed by atoms with Gasteiger partial charge >= 0.3 is 0 Å². The molecule has 0 aliphatic heterocycles. The van der Waals surface area contributed by atoms with Crippen LogP contribution in [-0.2, 0) is 22.6 Å². The molecule has 0 heterocycles. The lowest BCUT2D eigenvalue weighted by atomic mass is 10.0. The molecule has 0 bridgehead atoms. The number of carbonyl (C=O) groups excluding carboxylic acids is 2. The molecule has 0 spiro atoms. The molecule has 3 aromatic carbocycles. The van der Waals surface area contributed by atoms with Crippen molar-refractivity contribution in [2.24, 2.45) is 0 Å². The second-order valence-corrected chi connectivity index (χ2v) is 8.62. The quantitative estimate of drug-likeness (QED) is 0.442. The van der Waals surface area contributed by atoms with Crippen LogP contribution in [0.15, 0.2) is 84.9 Å². The molecule has 1 N–H and O–H groups in total. The third-order valence-corrected chi connectivity index (χ3v) is 5.73. The number of carbonyl (C=O) groups is 2. The Morgan fingerprint density at radius 3 is 2.00 bits per heavy atom. The first-order valence-electron chi connectivity index (χ1n) is 11.9. The predicted molar refractivity (Wildman–Crippen MR) is 136 cm³/mol. The molecule has 5 heteroatoms. The van der Waals surface area contributed by atoms with E-state index >= 15 is 0 Å². The van der Waals surface area contributed by atoms with E-state index in [4.69, 9.17) is 4.74 Å². The lowest BCUT2D eigenvalue weighted by molar-refractivity contribution is -0.142. The fourth-order valence-corrected chi connectivity index (χ4v) is 3.80. The third kappa shape index (κ3) is 7.20. The van der Waals surface area contributed by atoms with Crippen LogP contribution in [0, 0.1) is 0 Å². The number of benzene rings is 3. The van der Waals surface area contributed by atoms with Gasteiger partial charge in [0.15, 0.2) is 6.61 Å². The molecular formula is C29H34N2O3. The van der Waals surface area contributed by atoms with Gasteiger partial charge in [-0.05, 0) is 41.7 Å². The first-order valence-corrected chi connectivity index (χ1v) is 11.9. The number of nitrogens with zero attached hydrogens (tertiary/aromatic N) is 1. The molecule has 34 heavy (non-hydrogen) atoms. The first kappa shape index (κ1) is 25.0. The lowest BCUT2D eigenvalue weighted by Crippen LogP contribution is -2.51. The van der Waals surface area contributed by atoms with Crippen molar-refractivity contribution in [3.05, 3.63) is 102 Å². The van der Waals surface area contributed by atoms with Gasteiger partial charge in [-0.3, -0.25) is 9.59 Å². The van der Waals surface area contributed by atoms with Crippen LogP contribution in [0.1, 0.15) is 43.4 Å². The molecule has 178 valence electrons. The Balaban J connectivity index is 1.83. The van der Waals surface area contributed by atoms with Crippen LogP contribution in [0.25, 0.3) is 0 Å². The zero-order chi connectivity index (χ0) is 24.3. The summed E-state index contributed by atoms with van der Waals surface area (Å²) in [4.78, 5) is 28.2. The van der Waals surface area contributed by atoms with Crippen LogP contribution >= 0.6 is 0 Å². The minimum atomic E-state index is -0.651. The van der Waals surface area contributed by atoms with Crippen LogP contribution in [-0.4, -0.2) is 35.9 Å². The standard InChI is InChI=1S/C29H34N2O3/c1-4-30-29(33)27(19-23-11-7-5-8-12-23)31(20-24-13-9-6-10-14-24)28(32)21-34-26-17-15-25(16-18-26)22(2)3/h5-18,22,27H,4,19-21H2,1-3H3,(H,30,33)/t27-/m1/s1. The van der Waals surface area contributed by atoms with Crippen LogP contribution in [0.5, 0.6) is 5.75 Å². The molecule has 3 aromatic rings. The van der Waals surface area contributed by atoms with Crippen molar-refractivity contribution in [3.63, 3.8) is 0 Å². The normalized spacial score (nSPS) is 11.6. The Kier molecular flexibility index (Phi) is 9.27. The molecule has 1 atom stereocenters. The highest BCUT2D eigenvalue weighted by Gasteiger charge is 2.30. The van der Waals surface area contributed by atoms with Crippen molar-refractivity contribution >= 4 is 11.8 Å². The van der Waals surface area contributed by atoms with E-state index in [0.717, 1.165) is 11.1 Å². The molecule has 0 aliphatic rings. The monoisotopic (exact) mass is 458 g/mol. The number of hydrogen-bond acceptors (Lipinski definition) is 3. The van der Waals surface area contributed by atoms with Gasteiger partial charge < -0.3 is 15.0 Å². The van der Waals surface area contributed by atoms with Crippen molar-refractivity contribution in [2.45, 2.75) is 45.7 Å². The van der Waals surface area contributed by atoms with Crippen molar-refractivity contribution in [3.8, 4) is 5.75 Å². The minimum Gasteiger partial charge on any atom is -0.484 e. The van der Waals surface area contributed by atoms with E-state index in [9.17, 15) is 9.59 Å². The summed E-state index contributed by atoms with van der Waals surface area (Å²) in [5.74, 6) is 0.656. The van der Waals surface area contributed by atoms with Gasteiger partial charge in [-0.15, -0.1) is 0 Å². The average Bonchev–Trinajstić information content (AvgIpc) is 2.86. The molecule has 2 amide bonds. The van der Waals surface area contributed by atoms with Crippen molar-refractivity contribution in [1.29, 1.82) is 0 Å². The van der Waals surface area contributed by atoms with Gasteiger partial charge in [-0.25, -0.2) is 0 Å². The largest absolute Gasteiger partial charge is 0.484 e. The number of hydrogen-bond donors (Lipinski definition) is 1. The van der Waals surface area contributed by atoms with E-state index in [-0.39, 0.29) is 18.4 Å². The fourth-order valence-electron chi connectivity index (χ4n) is 3.80. The predicted octanol–water partition coefficient (Wildman–Crippen LogP) is 4.97. The first-order chi connectivity index (χ1) is 16.5. The van der Waals surface area contributed by atoms with Gasteiger partial charge in [0.1, 0.15) is 11.8 Å². The summed E-state index contributed by atoms with van der Waals surface area (Å²) in [6, 6.07) is 26.6. The molecule has 0 unspecified atom stereocenters. The lowest BCUT2D eigenvalue weighted by Gasteiger charge is -2.31. The van der Waals surface area contributed by atoms with E-state index in [1.54, 1.807) is 4.90 Å². The summed E-state index contributed by atoms with van der Waals surface area (Å²) in [6.07, 6.45) is 0.425. The van der Waals surface area contributed by atoms with E-state index in [0.29, 0.717) is 31.2 Å². The second kappa shape index (κ2) is 12.6. The summed E-state index contributed by atoms with van der Waals surface area (Å²) < 4.78 is 5.84.